The predicted octanol–water partition coefficient (Wildman–Crippen LogP) is 2.83. The maximum Gasteiger partial charge on any atom is 0.129 e. The van der Waals surface area contributed by atoms with Gasteiger partial charge in [0.15, 0.2) is 0 Å². The number of thiophene rings is 1. The van der Waals surface area contributed by atoms with Gasteiger partial charge in [-0.3, -0.25) is 0 Å². The van der Waals surface area contributed by atoms with Crippen LogP contribution in [0.4, 0.5) is 10.7 Å². The van der Waals surface area contributed by atoms with Gasteiger partial charge in [-0.25, -0.2) is 0 Å². The Hall–Kier alpha value is -1.21. The van der Waals surface area contributed by atoms with Crippen LogP contribution in [0.5, 0.6) is 0 Å². The van der Waals surface area contributed by atoms with Crippen molar-refractivity contribution >= 4 is 22.0 Å². The number of hydrogen-bond donors (Lipinski definition) is 1. The summed E-state index contributed by atoms with van der Waals surface area (Å²) in [6.07, 6.45) is 2.49. The van der Waals surface area contributed by atoms with Gasteiger partial charge in [0.05, 0.1) is 10.7 Å². The fourth-order valence-corrected chi connectivity index (χ4v) is 3.15. The van der Waals surface area contributed by atoms with Crippen LogP contribution in [0.25, 0.3) is 0 Å². The van der Waals surface area contributed by atoms with E-state index < -0.39 is 0 Å². The number of nitriles is 1. The van der Waals surface area contributed by atoms with E-state index in [0.29, 0.717) is 16.0 Å². The fraction of sp³-hybridized carbons (Fsp3) is 0.583. The highest BCUT2D eigenvalue weighted by Crippen LogP contribution is 2.37. The molecule has 1 aliphatic rings. The minimum atomic E-state index is 0.365. The lowest BCUT2D eigenvalue weighted by atomic mass is 9.84. The van der Waals surface area contributed by atoms with E-state index in [1.54, 1.807) is 0 Å². The molecular formula is C12H17N3S. The van der Waals surface area contributed by atoms with Crippen molar-refractivity contribution in [2.75, 3.05) is 23.7 Å². The second-order valence-corrected chi connectivity index (χ2v) is 6.20. The van der Waals surface area contributed by atoms with E-state index in [2.05, 4.69) is 24.8 Å². The van der Waals surface area contributed by atoms with Crippen LogP contribution in [0, 0.1) is 16.7 Å². The zero-order chi connectivity index (χ0) is 11.8. The van der Waals surface area contributed by atoms with E-state index >= 15 is 0 Å². The molecule has 1 aromatic heterocycles. The van der Waals surface area contributed by atoms with Crippen LogP contribution in [-0.2, 0) is 0 Å². The number of rotatable bonds is 1. The van der Waals surface area contributed by atoms with Crippen LogP contribution in [-0.4, -0.2) is 13.1 Å². The van der Waals surface area contributed by atoms with Crippen molar-refractivity contribution in [2.24, 2.45) is 5.41 Å². The van der Waals surface area contributed by atoms with Crippen LogP contribution < -0.4 is 10.6 Å². The summed E-state index contributed by atoms with van der Waals surface area (Å²) in [5.74, 6) is 0. The molecule has 1 fully saturated rings. The van der Waals surface area contributed by atoms with E-state index in [0.717, 1.165) is 18.1 Å². The lowest BCUT2D eigenvalue weighted by molar-refractivity contribution is 0.294. The van der Waals surface area contributed by atoms with Crippen molar-refractivity contribution in [1.82, 2.24) is 0 Å². The molecule has 2 rings (SSSR count). The fourth-order valence-electron chi connectivity index (χ4n) is 2.25. The zero-order valence-electron chi connectivity index (χ0n) is 9.79. The average molecular weight is 235 g/mol. The van der Waals surface area contributed by atoms with E-state index in [-0.39, 0.29) is 0 Å². The molecule has 1 aliphatic heterocycles. The standard InChI is InChI=1S/C12H17N3S/c1-12(2)4-3-5-15(8-12)11-6-9(14)10(7-13)16-11/h6H,3-5,8,14H2,1-2H3. The van der Waals surface area contributed by atoms with Crippen LogP contribution >= 0.6 is 11.3 Å². The lowest BCUT2D eigenvalue weighted by Crippen LogP contribution is -2.39. The summed E-state index contributed by atoms with van der Waals surface area (Å²) in [5.41, 5.74) is 6.77. The van der Waals surface area contributed by atoms with Crippen molar-refractivity contribution in [2.45, 2.75) is 26.7 Å². The Morgan fingerprint density at radius 2 is 2.31 bits per heavy atom. The van der Waals surface area contributed by atoms with Gasteiger partial charge in [-0.05, 0) is 24.3 Å². The lowest BCUT2D eigenvalue weighted by Gasteiger charge is -2.38. The largest absolute Gasteiger partial charge is 0.397 e. The van der Waals surface area contributed by atoms with Crippen LogP contribution in [0.2, 0.25) is 0 Å². The molecule has 0 spiro atoms. The van der Waals surface area contributed by atoms with Gasteiger partial charge in [-0.15, -0.1) is 11.3 Å². The first-order valence-corrected chi connectivity index (χ1v) is 6.38. The molecule has 0 unspecified atom stereocenters. The topological polar surface area (TPSA) is 53.0 Å². The summed E-state index contributed by atoms with van der Waals surface area (Å²) in [6.45, 7) is 6.72. The third-order valence-corrected chi connectivity index (χ3v) is 4.18. The highest BCUT2D eigenvalue weighted by molar-refractivity contribution is 7.17. The van der Waals surface area contributed by atoms with Gasteiger partial charge in [-0.1, -0.05) is 13.8 Å². The molecule has 16 heavy (non-hydrogen) atoms. The molecule has 0 bridgehead atoms. The molecule has 0 saturated carbocycles. The van der Waals surface area contributed by atoms with Gasteiger partial charge < -0.3 is 10.6 Å². The molecule has 86 valence electrons. The van der Waals surface area contributed by atoms with E-state index in [1.165, 1.54) is 24.2 Å². The average Bonchev–Trinajstić information content (AvgIpc) is 2.58. The number of hydrogen-bond acceptors (Lipinski definition) is 4. The van der Waals surface area contributed by atoms with E-state index in [4.69, 9.17) is 11.0 Å². The van der Waals surface area contributed by atoms with Crippen molar-refractivity contribution in [3.63, 3.8) is 0 Å². The quantitative estimate of drug-likeness (QED) is 0.814. The molecular weight excluding hydrogens is 218 g/mol. The molecule has 0 amide bonds. The highest BCUT2D eigenvalue weighted by atomic mass is 32.1. The zero-order valence-corrected chi connectivity index (χ0v) is 10.6. The second kappa shape index (κ2) is 3.99. The molecule has 0 radical (unpaired) electrons. The van der Waals surface area contributed by atoms with Gasteiger partial charge in [-0.2, -0.15) is 5.26 Å². The molecule has 0 aromatic carbocycles. The first-order chi connectivity index (χ1) is 7.52. The van der Waals surface area contributed by atoms with Gasteiger partial charge in [0.1, 0.15) is 10.9 Å². The number of nitrogens with zero attached hydrogens (tertiary/aromatic N) is 2. The maximum absolute atomic E-state index is 8.89. The normalized spacial score (nSPS) is 19.4. The Kier molecular flexibility index (Phi) is 2.81. The summed E-state index contributed by atoms with van der Waals surface area (Å²) in [4.78, 5) is 2.99. The van der Waals surface area contributed by atoms with Crippen molar-refractivity contribution in [1.29, 1.82) is 5.26 Å². The van der Waals surface area contributed by atoms with Crippen LogP contribution in [0.1, 0.15) is 31.6 Å². The molecule has 1 saturated heterocycles. The summed E-state index contributed by atoms with van der Waals surface area (Å²) >= 11 is 1.51. The molecule has 1 aromatic rings. The predicted molar refractivity (Wildman–Crippen MR) is 68.7 cm³/mol. The first kappa shape index (κ1) is 11.3. The summed E-state index contributed by atoms with van der Waals surface area (Å²) in [7, 11) is 0. The molecule has 3 nitrogen and oxygen atoms in total. The van der Waals surface area contributed by atoms with Crippen LogP contribution in [0.15, 0.2) is 6.07 Å². The molecule has 2 heterocycles. The third-order valence-electron chi connectivity index (χ3n) is 3.06. The van der Waals surface area contributed by atoms with E-state index in [9.17, 15) is 0 Å². The Morgan fingerprint density at radius 3 is 2.88 bits per heavy atom. The number of anilines is 2. The number of nitrogen functional groups attached to an aromatic ring is 1. The number of piperidine rings is 1. The Bertz CT molecular complexity index is 428. The third kappa shape index (κ3) is 2.14. The smallest absolute Gasteiger partial charge is 0.129 e. The number of nitrogens with two attached hydrogens (primary N) is 1. The first-order valence-electron chi connectivity index (χ1n) is 5.56. The van der Waals surface area contributed by atoms with Crippen molar-refractivity contribution in [3.05, 3.63) is 10.9 Å². The minimum absolute atomic E-state index is 0.365. The molecule has 0 aliphatic carbocycles. The van der Waals surface area contributed by atoms with Gasteiger partial charge in [0.25, 0.3) is 0 Å². The van der Waals surface area contributed by atoms with Crippen molar-refractivity contribution in [3.8, 4) is 6.07 Å². The van der Waals surface area contributed by atoms with E-state index in [1.807, 2.05) is 6.07 Å². The van der Waals surface area contributed by atoms with Gasteiger partial charge in [0.2, 0.25) is 0 Å². The molecule has 2 N–H and O–H groups in total. The van der Waals surface area contributed by atoms with Crippen LogP contribution in [0.3, 0.4) is 0 Å². The Morgan fingerprint density at radius 1 is 1.56 bits per heavy atom. The van der Waals surface area contributed by atoms with Gasteiger partial charge in [0, 0.05) is 13.1 Å². The monoisotopic (exact) mass is 235 g/mol. The highest BCUT2D eigenvalue weighted by Gasteiger charge is 2.27. The Balaban J connectivity index is 2.21. The second-order valence-electron chi connectivity index (χ2n) is 5.17. The van der Waals surface area contributed by atoms with Crippen molar-refractivity contribution < 1.29 is 0 Å². The molecule has 0 atom stereocenters. The van der Waals surface area contributed by atoms with Gasteiger partial charge >= 0.3 is 0 Å². The summed E-state index contributed by atoms with van der Waals surface area (Å²) < 4.78 is 0. The minimum Gasteiger partial charge on any atom is -0.397 e. The molecule has 4 heteroatoms. The maximum atomic E-state index is 8.89. The summed E-state index contributed by atoms with van der Waals surface area (Å²) in [5, 5.41) is 10.0. The Labute approximate surface area is 100 Å². The summed E-state index contributed by atoms with van der Waals surface area (Å²) in [6, 6.07) is 4.08. The SMILES string of the molecule is CC1(C)CCCN(c2cc(N)c(C#N)s2)C1.